The van der Waals surface area contributed by atoms with Crippen molar-refractivity contribution < 1.29 is 18.3 Å². The number of sulfonamides is 1. The van der Waals surface area contributed by atoms with Gasteiger partial charge in [0.05, 0.1) is 5.75 Å². The Kier molecular flexibility index (Phi) is 4.19. The van der Waals surface area contributed by atoms with Gasteiger partial charge in [0.15, 0.2) is 0 Å². The Morgan fingerprint density at radius 3 is 2.41 bits per heavy atom. The van der Waals surface area contributed by atoms with Gasteiger partial charge in [-0.2, -0.15) is 4.31 Å². The topological polar surface area (TPSA) is 74.7 Å². The first-order valence-corrected chi connectivity index (χ1v) is 7.47. The molecular weight excluding hydrogens is 242 g/mol. The van der Waals surface area contributed by atoms with Gasteiger partial charge in [-0.25, -0.2) is 8.42 Å². The third-order valence-electron chi connectivity index (χ3n) is 2.71. The number of nitrogens with zero attached hydrogens (tertiary/aromatic N) is 1. The van der Waals surface area contributed by atoms with E-state index in [1.54, 1.807) is 0 Å². The van der Waals surface area contributed by atoms with E-state index >= 15 is 0 Å². The Hall–Kier alpha value is -0.620. The molecule has 0 aliphatic carbocycles. The SMILES string of the molecule is CC(C)(C)CS(=O)(=O)N1CCCCC1C(=O)O. The Bertz CT molecular complexity index is 383. The zero-order valence-corrected chi connectivity index (χ0v) is 11.5. The molecule has 17 heavy (non-hydrogen) atoms. The fourth-order valence-electron chi connectivity index (χ4n) is 2.11. The minimum atomic E-state index is -3.48. The summed E-state index contributed by atoms with van der Waals surface area (Å²) >= 11 is 0. The summed E-state index contributed by atoms with van der Waals surface area (Å²) in [6.07, 6.45) is 1.93. The monoisotopic (exact) mass is 263 g/mol. The summed E-state index contributed by atoms with van der Waals surface area (Å²) < 4.78 is 25.5. The molecule has 6 heteroatoms. The van der Waals surface area contributed by atoms with Crippen LogP contribution in [-0.2, 0) is 14.8 Å². The van der Waals surface area contributed by atoms with Gasteiger partial charge in [-0.3, -0.25) is 4.79 Å². The van der Waals surface area contributed by atoms with Crippen LogP contribution in [0.15, 0.2) is 0 Å². The zero-order valence-electron chi connectivity index (χ0n) is 10.6. The fraction of sp³-hybridized carbons (Fsp3) is 0.909. The normalized spacial score (nSPS) is 23.6. The maximum absolute atomic E-state index is 12.2. The van der Waals surface area contributed by atoms with Crippen molar-refractivity contribution in [2.45, 2.75) is 46.1 Å². The molecule has 100 valence electrons. The summed E-state index contributed by atoms with van der Waals surface area (Å²) in [4.78, 5) is 11.1. The molecule has 1 saturated heterocycles. The second-order valence-corrected chi connectivity index (χ2v) is 7.70. The first-order chi connectivity index (χ1) is 7.63. The molecule has 1 aliphatic heterocycles. The fourth-order valence-corrected chi connectivity index (χ4v) is 4.37. The Labute approximate surface area is 103 Å². The smallest absolute Gasteiger partial charge is 0.322 e. The van der Waals surface area contributed by atoms with Crippen molar-refractivity contribution in [2.75, 3.05) is 12.3 Å². The minimum Gasteiger partial charge on any atom is -0.480 e. The number of carboxylic acid groups (broad SMARTS) is 1. The van der Waals surface area contributed by atoms with E-state index in [1.807, 2.05) is 20.8 Å². The molecule has 1 heterocycles. The first kappa shape index (κ1) is 14.4. The van der Waals surface area contributed by atoms with Gasteiger partial charge in [0.2, 0.25) is 10.0 Å². The average molecular weight is 263 g/mol. The molecule has 5 nitrogen and oxygen atoms in total. The van der Waals surface area contributed by atoms with Crippen LogP contribution >= 0.6 is 0 Å². The molecule has 1 aliphatic rings. The highest BCUT2D eigenvalue weighted by Crippen LogP contribution is 2.25. The molecular formula is C11H21NO4S. The molecule has 1 rings (SSSR count). The van der Waals surface area contributed by atoms with Gasteiger partial charge in [0.1, 0.15) is 6.04 Å². The molecule has 1 unspecified atom stereocenters. The van der Waals surface area contributed by atoms with E-state index in [4.69, 9.17) is 5.11 Å². The maximum Gasteiger partial charge on any atom is 0.322 e. The van der Waals surface area contributed by atoms with E-state index < -0.39 is 22.0 Å². The maximum atomic E-state index is 12.2. The average Bonchev–Trinajstić information content (AvgIpc) is 2.14. The largest absolute Gasteiger partial charge is 0.480 e. The van der Waals surface area contributed by atoms with Crippen molar-refractivity contribution in [3.05, 3.63) is 0 Å². The van der Waals surface area contributed by atoms with E-state index in [2.05, 4.69) is 0 Å². The third kappa shape index (κ3) is 3.96. The number of hydrogen-bond donors (Lipinski definition) is 1. The van der Waals surface area contributed by atoms with Crippen LogP contribution in [0.1, 0.15) is 40.0 Å². The zero-order chi connectivity index (χ0) is 13.3. The lowest BCUT2D eigenvalue weighted by Gasteiger charge is -2.33. The molecule has 0 aromatic rings. The molecule has 0 radical (unpaired) electrons. The molecule has 0 aromatic heterocycles. The van der Waals surface area contributed by atoms with Gasteiger partial charge in [-0.1, -0.05) is 20.8 Å². The standard InChI is InChI=1S/C11H21NO4S/c1-11(2,3)8-17(15,16)12-7-5-4-6-9(12)10(13)14/h9H,4-8H2,1-3H3,(H,13,14). The molecule has 1 atom stereocenters. The molecule has 1 fully saturated rings. The quantitative estimate of drug-likeness (QED) is 0.833. The summed E-state index contributed by atoms with van der Waals surface area (Å²) in [5, 5.41) is 9.06. The van der Waals surface area contributed by atoms with Gasteiger partial charge in [-0.15, -0.1) is 0 Å². The Morgan fingerprint density at radius 1 is 1.35 bits per heavy atom. The summed E-state index contributed by atoms with van der Waals surface area (Å²) in [5.41, 5.74) is -0.362. The molecule has 0 aromatic carbocycles. The van der Waals surface area contributed by atoms with Crippen LogP contribution in [0.4, 0.5) is 0 Å². The summed E-state index contributed by atoms with van der Waals surface area (Å²) in [7, 11) is -3.48. The number of carbonyl (C=O) groups is 1. The number of aliphatic carboxylic acids is 1. The van der Waals surface area contributed by atoms with Gasteiger partial charge in [-0.05, 0) is 24.7 Å². The highest BCUT2D eigenvalue weighted by atomic mass is 32.2. The molecule has 1 N–H and O–H groups in total. The van der Waals surface area contributed by atoms with Gasteiger partial charge in [0, 0.05) is 6.54 Å². The van der Waals surface area contributed by atoms with E-state index in [-0.39, 0.29) is 11.2 Å². The number of rotatable bonds is 3. The van der Waals surface area contributed by atoms with Crippen LogP contribution in [-0.4, -0.2) is 42.1 Å². The number of piperidine rings is 1. The Morgan fingerprint density at radius 2 is 1.94 bits per heavy atom. The van der Waals surface area contributed by atoms with Crippen molar-refractivity contribution in [2.24, 2.45) is 5.41 Å². The van der Waals surface area contributed by atoms with E-state index in [0.717, 1.165) is 12.8 Å². The molecule has 0 bridgehead atoms. The third-order valence-corrected chi connectivity index (χ3v) is 5.09. The highest BCUT2D eigenvalue weighted by Gasteiger charge is 2.38. The van der Waals surface area contributed by atoms with Gasteiger partial charge in [0.25, 0.3) is 0 Å². The Balaban J connectivity index is 2.91. The van der Waals surface area contributed by atoms with Gasteiger partial charge >= 0.3 is 5.97 Å². The van der Waals surface area contributed by atoms with Crippen molar-refractivity contribution >= 4 is 16.0 Å². The van der Waals surface area contributed by atoms with Crippen LogP contribution in [0, 0.1) is 5.41 Å². The molecule has 0 spiro atoms. The summed E-state index contributed by atoms with van der Waals surface area (Å²) in [5.74, 6) is -1.05. The summed E-state index contributed by atoms with van der Waals surface area (Å²) in [6, 6.07) is -0.879. The van der Waals surface area contributed by atoms with E-state index in [0.29, 0.717) is 13.0 Å². The van der Waals surface area contributed by atoms with Crippen LogP contribution in [0.2, 0.25) is 0 Å². The second-order valence-electron chi connectivity index (χ2n) is 5.78. The van der Waals surface area contributed by atoms with Gasteiger partial charge < -0.3 is 5.11 Å². The predicted octanol–water partition coefficient (Wildman–Crippen LogP) is 1.30. The molecule has 0 saturated carbocycles. The second kappa shape index (κ2) is 4.94. The summed E-state index contributed by atoms with van der Waals surface area (Å²) in [6.45, 7) is 5.84. The van der Waals surface area contributed by atoms with Crippen molar-refractivity contribution in [3.63, 3.8) is 0 Å². The van der Waals surface area contributed by atoms with Crippen molar-refractivity contribution in [1.29, 1.82) is 0 Å². The molecule has 0 amide bonds. The van der Waals surface area contributed by atoms with Crippen LogP contribution in [0.25, 0.3) is 0 Å². The minimum absolute atomic E-state index is 0.0101. The lowest BCUT2D eigenvalue weighted by Crippen LogP contribution is -2.49. The first-order valence-electron chi connectivity index (χ1n) is 5.86. The predicted molar refractivity (Wildman–Crippen MR) is 65.2 cm³/mol. The van der Waals surface area contributed by atoms with Crippen molar-refractivity contribution in [1.82, 2.24) is 4.31 Å². The van der Waals surface area contributed by atoms with E-state index in [9.17, 15) is 13.2 Å². The highest BCUT2D eigenvalue weighted by molar-refractivity contribution is 7.89. The number of hydrogen-bond acceptors (Lipinski definition) is 3. The van der Waals surface area contributed by atoms with Crippen molar-refractivity contribution in [3.8, 4) is 0 Å². The lowest BCUT2D eigenvalue weighted by molar-refractivity contribution is -0.142. The number of carboxylic acids is 1. The van der Waals surface area contributed by atoms with Crippen LogP contribution in [0.3, 0.4) is 0 Å². The van der Waals surface area contributed by atoms with Crippen LogP contribution < -0.4 is 0 Å². The van der Waals surface area contributed by atoms with Crippen LogP contribution in [0.5, 0.6) is 0 Å². The lowest BCUT2D eigenvalue weighted by atomic mass is 10.0. The van der Waals surface area contributed by atoms with E-state index in [1.165, 1.54) is 4.31 Å².